The normalized spacial score (nSPS) is 15.7. The van der Waals surface area contributed by atoms with Crippen LogP contribution in [0.25, 0.3) is 0 Å². The molecule has 0 saturated carbocycles. The predicted octanol–water partition coefficient (Wildman–Crippen LogP) is 2.93. The van der Waals surface area contributed by atoms with Crippen LogP contribution < -0.4 is 24.7 Å². The molecule has 1 atom stereocenters. The fourth-order valence-corrected chi connectivity index (χ4v) is 2.90. The highest BCUT2D eigenvalue weighted by Crippen LogP contribution is 2.44. The minimum atomic E-state index is -0.386. The summed E-state index contributed by atoms with van der Waals surface area (Å²) in [6.45, 7) is 0. The second-order valence-corrected chi connectivity index (χ2v) is 5.47. The Labute approximate surface area is 146 Å². The number of methoxy groups -OCH3 is 3. The van der Waals surface area contributed by atoms with E-state index in [1.54, 1.807) is 33.5 Å². The minimum Gasteiger partial charge on any atom is -0.497 e. The lowest BCUT2D eigenvalue weighted by Gasteiger charge is -2.27. The van der Waals surface area contributed by atoms with Crippen LogP contribution in [0.3, 0.4) is 0 Å². The van der Waals surface area contributed by atoms with Gasteiger partial charge in [0, 0.05) is 17.7 Å². The molecule has 0 aromatic heterocycles. The molecule has 0 amide bonds. The monoisotopic (exact) mass is 338 g/mol. The van der Waals surface area contributed by atoms with Crippen molar-refractivity contribution in [2.45, 2.75) is 5.92 Å². The Kier molecular flexibility index (Phi) is 4.40. The first-order valence-electron chi connectivity index (χ1n) is 7.59. The van der Waals surface area contributed by atoms with Gasteiger partial charge in [0.05, 0.1) is 27.2 Å². The maximum absolute atomic E-state index is 9.62. The number of ether oxygens (including phenoxy) is 4. The van der Waals surface area contributed by atoms with E-state index in [2.05, 4.69) is 6.07 Å². The molecule has 25 heavy (non-hydrogen) atoms. The zero-order valence-corrected chi connectivity index (χ0v) is 14.2. The molecule has 0 bridgehead atoms. The summed E-state index contributed by atoms with van der Waals surface area (Å²) in [5.74, 6) is 2.16. The molecule has 2 aromatic rings. The van der Waals surface area contributed by atoms with Gasteiger partial charge in [-0.3, -0.25) is 0 Å². The lowest BCUT2D eigenvalue weighted by atomic mass is 9.83. The number of rotatable bonds is 4. The molecule has 0 fully saturated rings. The van der Waals surface area contributed by atoms with Crippen LogP contribution in [-0.4, -0.2) is 21.3 Å². The molecule has 128 valence electrons. The molecular formula is C19H18N2O4. The molecule has 0 unspecified atom stereocenters. The molecule has 6 nitrogen and oxygen atoms in total. The van der Waals surface area contributed by atoms with E-state index in [0.717, 1.165) is 11.1 Å². The van der Waals surface area contributed by atoms with Crippen molar-refractivity contribution in [2.24, 2.45) is 5.73 Å². The summed E-state index contributed by atoms with van der Waals surface area (Å²) in [5, 5.41) is 9.62. The van der Waals surface area contributed by atoms with Crippen LogP contribution >= 0.6 is 0 Å². The third-order valence-electron chi connectivity index (χ3n) is 4.13. The van der Waals surface area contributed by atoms with Gasteiger partial charge in [-0.05, 0) is 23.8 Å². The maximum Gasteiger partial charge on any atom is 0.205 e. The Balaban J connectivity index is 2.22. The molecule has 1 aliphatic rings. The summed E-state index contributed by atoms with van der Waals surface area (Å²) in [5.41, 5.74) is 7.98. The zero-order valence-electron chi connectivity index (χ0n) is 14.2. The van der Waals surface area contributed by atoms with Crippen LogP contribution in [0.2, 0.25) is 0 Å². The van der Waals surface area contributed by atoms with Gasteiger partial charge in [0.25, 0.3) is 0 Å². The molecule has 0 aliphatic carbocycles. The lowest BCUT2D eigenvalue weighted by molar-refractivity contribution is 0.379. The average molecular weight is 338 g/mol. The number of nitrogens with zero attached hydrogens (tertiary/aromatic N) is 1. The van der Waals surface area contributed by atoms with Crippen molar-refractivity contribution in [1.29, 1.82) is 5.26 Å². The summed E-state index contributed by atoms with van der Waals surface area (Å²) < 4.78 is 21.6. The third-order valence-corrected chi connectivity index (χ3v) is 4.13. The van der Waals surface area contributed by atoms with E-state index in [4.69, 9.17) is 24.7 Å². The lowest BCUT2D eigenvalue weighted by Crippen LogP contribution is -2.21. The van der Waals surface area contributed by atoms with Crippen molar-refractivity contribution in [2.75, 3.05) is 21.3 Å². The van der Waals surface area contributed by atoms with E-state index in [1.807, 2.05) is 24.3 Å². The molecule has 0 radical (unpaired) electrons. The maximum atomic E-state index is 9.62. The first-order valence-corrected chi connectivity index (χ1v) is 7.59. The van der Waals surface area contributed by atoms with Gasteiger partial charge in [0.2, 0.25) is 5.88 Å². The van der Waals surface area contributed by atoms with Gasteiger partial charge in [-0.25, -0.2) is 0 Å². The molecule has 0 saturated heterocycles. The number of benzene rings is 2. The summed E-state index contributed by atoms with van der Waals surface area (Å²) in [6, 6.07) is 13.1. The highest BCUT2D eigenvalue weighted by molar-refractivity contribution is 5.58. The Bertz CT molecular complexity index is 861. The number of allylic oxidation sites excluding steroid dienone is 1. The van der Waals surface area contributed by atoms with Gasteiger partial charge < -0.3 is 24.7 Å². The van der Waals surface area contributed by atoms with Gasteiger partial charge in [0.1, 0.15) is 34.6 Å². The largest absolute Gasteiger partial charge is 0.497 e. The van der Waals surface area contributed by atoms with Crippen molar-refractivity contribution < 1.29 is 18.9 Å². The first-order chi connectivity index (χ1) is 12.1. The van der Waals surface area contributed by atoms with Gasteiger partial charge in [-0.1, -0.05) is 6.07 Å². The molecule has 2 N–H and O–H groups in total. The minimum absolute atomic E-state index is 0.0787. The quantitative estimate of drug-likeness (QED) is 0.922. The van der Waals surface area contributed by atoms with Crippen molar-refractivity contribution in [1.82, 2.24) is 0 Å². The van der Waals surface area contributed by atoms with Crippen LogP contribution in [-0.2, 0) is 0 Å². The fraction of sp³-hybridized carbons (Fsp3) is 0.211. The summed E-state index contributed by atoms with van der Waals surface area (Å²) in [6.07, 6.45) is 0. The van der Waals surface area contributed by atoms with Crippen molar-refractivity contribution in [3.8, 4) is 29.1 Å². The first kappa shape index (κ1) is 16.5. The molecule has 0 spiro atoms. The second kappa shape index (κ2) is 6.65. The topological polar surface area (TPSA) is 86.7 Å². The van der Waals surface area contributed by atoms with E-state index in [0.29, 0.717) is 28.6 Å². The molecule has 6 heteroatoms. The Hall–Kier alpha value is -3.33. The highest BCUT2D eigenvalue weighted by Gasteiger charge is 2.31. The number of nitriles is 1. The van der Waals surface area contributed by atoms with Crippen LogP contribution in [0.15, 0.2) is 47.9 Å². The molecule has 2 aromatic carbocycles. The Morgan fingerprint density at radius 3 is 2.16 bits per heavy atom. The number of fused-ring (bicyclic) bond motifs is 1. The van der Waals surface area contributed by atoms with E-state index >= 15 is 0 Å². The average Bonchev–Trinajstić information content (AvgIpc) is 2.65. The van der Waals surface area contributed by atoms with E-state index < -0.39 is 0 Å². The SMILES string of the molecule is COc1cc(OC)cc([C@@H]2C(C#N)=C(N)Oc3cc(OC)ccc32)c1. The standard InChI is InChI=1S/C19H18N2O4/c1-22-12-4-5-15-17(9-12)25-19(21)16(10-20)18(15)11-6-13(23-2)8-14(7-11)24-3/h4-9,18H,21H2,1-3H3/t18-/m0/s1. The second-order valence-electron chi connectivity index (χ2n) is 5.47. The van der Waals surface area contributed by atoms with Crippen LogP contribution in [0, 0.1) is 11.3 Å². The Morgan fingerprint density at radius 1 is 0.960 bits per heavy atom. The predicted molar refractivity (Wildman–Crippen MR) is 91.8 cm³/mol. The number of nitrogens with two attached hydrogens (primary N) is 1. The fourth-order valence-electron chi connectivity index (χ4n) is 2.90. The zero-order chi connectivity index (χ0) is 18.0. The molecule has 1 aliphatic heterocycles. The smallest absolute Gasteiger partial charge is 0.205 e. The number of hydrogen-bond donors (Lipinski definition) is 1. The molecular weight excluding hydrogens is 320 g/mol. The van der Waals surface area contributed by atoms with Gasteiger partial charge in [-0.15, -0.1) is 0 Å². The van der Waals surface area contributed by atoms with Gasteiger partial charge in [-0.2, -0.15) is 5.26 Å². The van der Waals surface area contributed by atoms with Crippen molar-refractivity contribution in [3.05, 3.63) is 59.0 Å². The van der Waals surface area contributed by atoms with E-state index in [-0.39, 0.29) is 11.8 Å². The van der Waals surface area contributed by atoms with Crippen LogP contribution in [0.1, 0.15) is 17.0 Å². The molecule has 1 heterocycles. The van der Waals surface area contributed by atoms with Crippen molar-refractivity contribution >= 4 is 0 Å². The van der Waals surface area contributed by atoms with Crippen molar-refractivity contribution in [3.63, 3.8) is 0 Å². The Morgan fingerprint density at radius 2 is 1.60 bits per heavy atom. The van der Waals surface area contributed by atoms with Gasteiger partial charge >= 0.3 is 0 Å². The van der Waals surface area contributed by atoms with Crippen LogP contribution in [0.5, 0.6) is 23.0 Å². The summed E-state index contributed by atoms with van der Waals surface area (Å²) in [4.78, 5) is 0. The summed E-state index contributed by atoms with van der Waals surface area (Å²) >= 11 is 0. The van der Waals surface area contributed by atoms with Gasteiger partial charge in [0.15, 0.2) is 0 Å². The van der Waals surface area contributed by atoms with E-state index in [1.165, 1.54) is 0 Å². The number of hydrogen-bond acceptors (Lipinski definition) is 6. The molecule has 3 rings (SSSR count). The summed E-state index contributed by atoms with van der Waals surface area (Å²) in [7, 11) is 4.74. The highest BCUT2D eigenvalue weighted by atomic mass is 16.5. The van der Waals surface area contributed by atoms with E-state index in [9.17, 15) is 5.26 Å². The van der Waals surface area contributed by atoms with Crippen LogP contribution in [0.4, 0.5) is 0 Å². The third kappa shape index (κ3) is 2.92.